The van der Waals surface area contributed by atoms with E-state index in [2.05, 4.69) is 20.8 Å². The first kappa shape index (κ1) is 12.7. The molecule has 4 unspecified atom stereocenters. The van der Waals surface area contributed by atoms with Crippen LogP contribution in [0.15, 0.2) is 12.4 Å². The molecule has 4 atom stereocenters. The van der Waals surface area contributed by atoms with Gasteiger partial charge in [0.05, 0.1) is 18.3 Å². The van der Waals surface area contributed by atoms with Gasteiger partial charge in [-0.25, -0.2) is 0 Å². The molecule has 3 rings (SSSR count). The summed E-state index contributed by atoms with van der Waals surface area (Å²) in [6.45, 7) is 1.99. The monoisotopic (exact) mass is 262 g/mol. The predicted molar refractivity (Wildman–Crippen MR) is 72.4 cm³/mol. The van der Waals surface area contributed by atoms with Crippen molar-refractivity contribution in [2.24, 2.45) is 5.92 Å². The first-order valence-electron chi connectivity index (χ1n) is 7.29. The van der Waals surface area contributed by atoms with Crippen LogP contribution in [0.2, 0.25) is 0 Å². The second-order valence-corrected chi connectivity index (χ2v) is 5.87. The summed E-state index contributed by atoms with van der Waals surface area (Å²) in [7, 11) is 0. The number of fused-ring (bicyclic) bond motifs is 1. The third-order valence-corrected chi connectivity index (χ3v) is 4.56. The second-order valence-electron chi connectivity index (χ2n) is 5.87. The Bertz CT molecular complexity index is 417. The van der Waals surface area contributed by atoms with Gasteiger partial charge in [-0.1, -0.05) is 12.8 Å². The number of nitrogens with zero attached hydrogens (tertiary/aromatic N) is 1. The molecule has 2 fully saturated rings. The summed E-state index contributed by atoms with van der Waals surface area (Å²) in [4.78, 5) is 12.3. The van der Waals surface area contributed by atoms with E-state index in [1.165, 1.54) is 25.7 Å². The highest BCUT2D eigenvalue weighted by atomic mass is 16.2. The van der Waals surface area contributed by atoms with Gasteiger partial charge in [-0.15, -0.1) is 0 Å². The molecule has 1 saturated carbocycles. The molecule has 2 aliphatic rings. The number of carbonyl (C=O) groups is 1. The number of nitrogens with one attached hydrogen (secondary N) is 3. The predicted octanol–water partition coefficient (Wildman–Crippen LogP) is 1.51. The molecule has 0 radical (unpaired) electrons. The van der Waals surface area contributed by atoms with Crippen LogP contribution >= 0.6 is 0 Å². The summed E-state index contributed by atoms with van der Waals surface area (Å²) in [6.07, 6.45) is 9.70. The summed E-state index contributed by atoms with van der Waals surface area (Å²) in [5.41, 5.74) is 1.02. The number of rotatable bonds is 3. The maximum absolute atomic E-state index is 12.3. The number of aromatic nitrogens is 2. The fourth-order valence-corrected chi connectivity index (χ4v) is 3.42. The zero-order valence-corrected chi connectivity index (χ0v) is 11.4. The molecule has 5 heteroatoms. The quantitative estimate of drug-likeness (QED) is 0.773. The number of amides is 1. The molecule has 1 saturated heterocycles. The van der Waals surface area contributed by atoms with Crippen LogP contribution in [-0.2, 0) is 4.79 Å². The lowest BCUT2D eigenvalue weighted by molar-refractivity contribution is -0.123. The van der Waals surface area contributed by atoms with Crippen LogP contribution < -0.4 is 10.6 Å². The summed E-state index contributed by atoms with van der Waals surface area (Å²) in [5, 5.41) is 13.3. The van der Waals surface area contributed by atoms with Gasteiger partial charge >= 0.3 is 0 Å². The Morgan fingerprint density at radius 3 is 3.05 bits per heavy atom. The van der Waals surface area contributed by atoms with Crippen molar-refractivity contribution in [3.05, 3.63) is 18.0 Å². The van der Waals surface area contributed by atoms with Gasteiger partial charge in [0.25, 0.3) is 0 Å². The Morgan fingerprint density at radius 1 is 1.47 bits per heavy atom. The Kier molecular flexibility index (Phi) is 3.55. The van der Waals surface area contributed by atoms with E-state index in [1.54, 1.807) is 6.20 Å². The highest BCUT2D eigenvalue weighted by Gasteiger charge is 2.38. The number of hydrogen-bond acceptors (Lipinski definition) is 3. The first-order valence-corrected chi connectivity index (χ1v) is 7.29. The molecule has 2 heterocycles. The van der Waals surface area contributed by atoms with E-state index in [1.807, 2.05) is 13.1 Å². The minimum Gasteiger partial charge on any atom is -0.348 e. The molecule has 1 aliphatic carbocycles. The van der Waals surface area contributed by atoms with Crippen LogP contribution in [0.3, 0.4) is 0 Å². The number of carbonyl (C=O) groups excluding carboxylic acids is 1. The molecule has 1 aromatic heterocycles. The van der Waals surface area contributed by atoms with Gasteiger partial charge in [0, 0.05) is 17.8 Å². The van der Waals surface area contributed by atoms with Crippen molar-refractivity contribution in [3.8, 4) is 0 Å². The Morgan fingerprint density at radius 2 is 2.32 bits per heavy atom. The van der Waals surface area contributed by atoms with Crippen molar-refractivity contribution in [1.82, 2.24) is 20.8 Å². The molecule has 1 aromatic rings. The van der Waals surface area contributed by atoms with Crippen molar-refractivity contribution in [3.63, 3.8) is 0 Å². The highest BCUT2D eigenvalue weighted by molar-refractivity contribution is 5.82. The van der Waals surface area contributed by atoms with Gasteiger partial charge in [-0.05, 0) is 32.1 Å². The topological polar surface area (TPSA) is 69.8 Å². The average Bonchev–Trinajstić information content (AvgIpc) is 3.07. The largest absolute Gasteiger partial charge is 0.348 e. The van der Waals surface area contributed by atoms with Gasteiger partial charge < -0.3 is 10.6 Å². The van der Waals surface area contributed by atoms with Crippen molar-refractivity contribution < 1.29 is 4.79 Å². The first-order chi connectivity index (χ1) is 9.24. The van der Waals surface area contributed by atoms with Crippen molar-refractivity contribution >= 4 is 5.91 Å². The van der Waals surface area contributed by atoms with E-state index in [-0.39, 0.29) is 18.0 Å². The Labute approximate surface area is 113 Å². The zero-order valence-electron chi connectivity index (χ0n) is 11.4. The molecule has 0 bridgehead atoms. The van der Waals surface area contributed by atoms with Gasteiger partial charge in [0.1, 0.15) is 0 Å². The third kappa shape index (κ3) is 2.66. The van der Waals surface area contributed by atoms with Crippen LogP contribution in [0.5, 0.6) is 0 Å². The van der Waals surface area contributed by atoms with Crippen LogP contribution in [0, 0.1) is 5.92 Å². The molecular weight excluding hydrogens is 240 g/mol. The van der Waals surface area contributed by atoms with E-state index in [0.29, 0.717) is 12.0 Å². The van der Waals surface area contributed by atoms with Crippen molar-refractivity contribution in [2.45, 2.75) is 57.2 Å². The smallest absolute Gasteiger partial charge is 0.237 e. The van der Waals surface area contributed by atoms with Gasteiger partial charge in [-0.3, -0.25) is 9.89 Å². The molecule has 0 spiro atoms. The van der Waals surface area contributed by atoms with Crippen LogP contribution in [0.1, 0.15) is 50.6 Å². The Hall–Kier alpha value is -1.36. The minimum absolute atomic E-state index is 0.00989. The van der Waals surface area contributed by atoms with Gasteiger partial charge in [0.2, 0.25) is 5.91 Å². The highest BCUT2D eigenvalue weighted by Crippen LogP contribution is 2.33. The lowest BCUT2D eigenvalue weighted by Gasteiger charge is -2.24. The molecule has 0 aromatic carbocycles. The lowest BCUT2D eigenvalue weighted by atomic mass is 9.85. The van der Waals surface area contributed by atoms with E-state index in [9.17, 15) is 4.79 Å². The fourth-order valence-electron chi connectivity index (χ4n) is 3.42. The van der Waals surface area contributed by atoms with Crippen molar-refractivity contribution in [1.29, 1.82) is 0 Å². The third-order valence-electron chi connectivity index (χ3n) is 4.56. The standard InChI is InChI=1S/C14H22N4O/c1-9(11-7-15-16-8-11)17-14(19)13-6-10-4-2-3-5-12(10)18-13/h7-10,12-13,18H,2-6H2,1H3,(H,15,16)(H,17,19). The molecular formula is C14H22N4O. The van der Waals surface area contributed by atoms with E-state index in [4.69, 9.17) is 0 Å². The van der Waals surface area contributed by atoms with Gasteiger partial charge in [0.15, 0.2) is 0 Å². The molecule has 1 aliphatic heterocycles. The van der Waals surface area contributed by atoms with Gasteiger partial charge in [-0.2, -0.15) is 5.10 Å². The second kappa shape index (κ2) is 5.33. The van der Waals surface area contributed by atoms with Crippen LogP contribution in [0.4, 0.5) is 0 Å². The normalized spacial score (nSPS) is 31.7. The lowest BCUT2D eigenvalue weighted by Crippen LogP contribution is -2.43. The molecule has 19 heavy (non-hydrogen) atoms. The summed E-state index contributed by atoms with van der Waals surface area (Å²) < 4.78 is 0. The molecule has 104 valence electrons. The van der Waals surface area contributed by atoms with E-state index >= 15 is 0 Å². The van der Waals surface area contributed by atoms with Crippen LogP contribution in [0.25, 0.3) is 0 Å². The van der Waals surface area contributed by atoms with Crippen molar-refractivity contribution in [2.75, 3.05) is 0 Å². The van der Waals surface area contributed by atoms with Crippen LogP contribution in [-0.4, -0.2) is 28.2 Å². The maximum Gasteiger partial charge on any atom is 0.237 e. The average molecular weight is 262 g/mol. The molecule has 5 nitrogen and oxygen atoms in total. The SMILES string of the molecule is CC(NC(=O)C1CC2CCCCC2N1)c1cn[nH]c1. The van der Waals surface area contributed by atoms with E-state index in [0.717, 1.165) is 12.0 Å². The number of H-pyrrole nitrogens is 1. The Balaban J connectivity index is 1.56. The number of aromatic amines is 1. The summed E-state index contributed by atoms with van der Waals surface area (Å²) >= 11 is 0. The number of hydrogen-bond donors (Lipinski definition) is 3. The summed E-state index contributed by atoms with van der Waals surface area (Å²) in [6, 6.07) is 0.562. The zero-order chi connectivity index (χ0) is 13.2. The molecule has 1 amide bonds. The molecule has 3 N–H and O–H groups in total. The summed E-state index contributed by atoms with van der Waals surface area (Å²) in [5.74, 6) is 0.830. The minimum atomic E-state index is -0.0116. The maximum atomic E-state index is 12.3. The van der Waals surface area contributed by atoms with E-state index < -0.39 is 0 Å². The fraction of sp³-hybridized carbons (Fsp3) is 0.714.